The summed E-state index contributed by atoms with van der Waals surface area (Å²) < 4.78 is 0. The Morgan fingerprint density at radius 2 is 0.946 bits per heavy atom. The van der Waals surface area contributed by atoms with Crippen molar-refractivity contribution in [3.8, 4) is 33.5 Å². The van der Waals surface area contributed by atoms with Crippen LogP contribution in [0.2, 0.25) is 0 Å². The van der Waals surface area contributed by atoms with Crippen LogP contribution in [0.4, 0.5) is 0 Å². The summed E-state index contributed by atoms with van der Waals surface area (Å²) in [6, 6.07) is 46.1. The zero-order valence-electron chi connectivity index (χ0n) is 20.6. The summed E-state index contributed by atoms with van der Waals surface area (Å²) in [7, 11) is 0. The van der Waals surface area contributed by atoms with E-state index in [9.17, 15) is 0 Å². The lowest BCUT2D eigenvalue weighted by atomic mass is 9.85. The molecule has 0 spiro atoms. The average molecular weight is 472 g/mol. The summed E-state index contributed by atoms with van der Waals surface area (Å²) in [5.74, 6) is 0. The summed E-state index contributed by atoms with van der Waals surface area (Å²) in [6.45, 7) is 2.07. The molecule has 0 N–H and O–H groups in total. The molecule has 174 valence electrons. The fourth-order valence-electron chi connectivity index (χ4n) is 5.55. The Kier molecular flexibility index (Phi) is 5.08. The van der Waals surface area contributed by atoms with Crippen LogP contribution >= 0.6 is 0 Å². The Bertz CT molecular complexity index is 1860. The SMILES string of the molecule is Cc1ccc(-c2ccc3cc(-c4c5ccccc5c(-c5ccccc5)c5ccccc45)ccc3c2)nc1. The molecule has 0 aliphatic heterocycles. The third-order valence-electron chi connectivity index (χ3n) is 7.33. The van der Waals surface area contributed by atoms with Crippen molar-refractivity contribution in [2.75, 3.05) is 0 Å². The number of rotatable bonds is 3. The minimum atomic E-state index is 1.00. The second-order valence-electron chi connectivity index (χ2n) is 9.70. The Labute approximate surface area is 216 Å². The maximum absolute atomic E-state index is 4.62. The van der Waals surface area contributed by atoms with E-state index < -0.39 is 0 Å². The molecule has 0 fully saturated rings. The first-order valence-electron chi connectivity index (χ1n) is 12.7. The van der Waals surface area contributed by atoms with Crippen LogP contribution in [0.25, 0.3) is 65.8 Å². The number of aryl methyl sites for hydroxylation is 1. The Balaban J connectivity index is 1.47. The molecule has 6 aromatic carbocycles. The number of aromatic nitrogens is 1. The minimum Gasteiger partial charge on any atom is -0.256 e. The van der Waals surface area contributed by atoms with Crippen LogP contribution in [-0.2, 0) is 0 Å². The van der Waals surface area contributed by atoms with E-state index in [0.717, 1.165) is 11.3 Å². The van der Waals surface area contributed by atoms with Crippen molar-refractivity contribution in [2.45, 2.75) is 6.92 Å². The Morgan fingerprint density at radius 1 is 0.432 bits per heavy atom. The van der Waals surface area contributed by atoms with Crippen molar-refractivity contribution in [3.05, 3.63) is 139 Å². The maximum Gasteiger partial charge on any atom is 0.0702 e. The van der Waals surface area contributed by atoms with Crippen LogP contribution in [0, 0.1) is 6.92 Å². The van der Waals surface area contributed by atoms with Gasteiger partial charge in [-0.15, -0.1) is 0 Å². The van der Waals surface area contributed by atoms with E-state index in [1.54, 1.807) is 0 Å². The molecular formula is C36H25N. The number of pyridine rings is 1. The molecule has 1 aromatic heterocycles. The highest BCUT2D eigenvalue weighted by Gasteiger charge is 2.16. The van der Waals surface area contributed by atoms with E-state index in [0.29, 0.717) is 0 Å². The van der Waals surface area contributed by atoms with Crippen molar-refractivity contribution in [1.82, 2.24) is 4.98 Å². The summed E-state index contributed by atoms with van der Waals surface area (Å²) in [6.07, 6.45) is 1.93. The van der Waals surface area contributed by atoms with Gasteiger partial charge in [0.1, 0.15) is 0 Å². The number of benzene rings is 6. The van der Waals surface area contributed by atoms with Crippen molar-refractivity contribution in [3.63, 3.8) is 0 Å². The largest absolute Gasteiger partial charge is 0.256 e. The zero-order chi connectivity index (χ0) is 24.8. The van der Waals surface area contributed by atoms with Crippen LogP contribution in [0.3, 0.4) is 0 Å². The van der Waals surface area contributed by atoms with Gasteiger partial charge in [-0.05, 0) is 85.3 Å². The van der Waals surface area contributed by atoms with Gasteiger partial charge in [0.25, 0.3) is 0 Å². The van der Waals surface area contributed by atoms with Gasteiger partial charge in [-0.3, -0.25) is 4.98 Å². The lowest BCUT2D eigenvalue weighted by Gasteiger charge is -2.18. The second-order valence-corrected chi connectivity index (χ2v) is 9.70. The zero-order valence-corrected chi connectivity index (χ0v) is 20.6. The highest BCUT2D eigenvalue weighted by Crippen LogP contribution is 2.44. The fraction of sp³-hybridized carbons (Fsp3) is 0.0278. The number of hydrogen-bond acceptors (Lipinski definition) is 1. The van der Waals surface area contributed by atoms with E-state index in [1.165, 1.54) is 60.1 Å². The van der Waals surface area contributed by atoms with Crippen molar-refractivity contribution >= 4 is 32.3 Å². The molecule has 1 heteroatoms. The van der Waals surface area contributed by atoms with Gasteiger partial charge in [0.15, 0.2) is 0 Å². The molecule has 1 nitrogen and oxygen atoms in total. The average Bonchev–Trinajstić information content (AvgIpc) is 2.96. The Hall–Kier alpha value is -4.75. The third kappa shape index (κ3) is 3.68. The van der Waals surface area contributed by atoms with Crippen molar-refractivity contribution in [2.24, 2.45) is 0 Å². The molecule has 0 unspecified atom stereocenters. The van der Waals surface area contributed by atoms with Gasteiger partial charge >= 0.3 is 0 Å². The van der Waals surface area contributed by atoms with Gasteiger partial charge in [-0.25, -0.2) is 0 Å². The van der Waals surface area contributed by atoms with E-state index in [1.807, 2.05) is 6.20 Å². The summed E-state index contributed by atoms with van der Waals surface area (Å²) in [5, 5.41) is 7.57. The van der Waals surface area contributed by atoms with E-state index in [4.69, 9.17) is 0 Å². The predicted molar refractivity (Wildman–Crippen MR) is 158 cm³/mol. The molecule has 0 amide bonds. The van der Waals surface area contributed by atoms with Crippen LogP contribution in [0.5, 0.6) is 0 Å². The van der Waals surface area contributed by atoms with E-state index >= 15 is 0 Å². The molecule has 0 aliphatic carbocycles. The standard InChI is InChI=1S/C36H25N/c1-24-15-20-34(37-23-24)28-18-16-27-22-29(19-17-26(27)21-28)36-32-13-7-5-11-30(32)35(25-9-3-2-4-10-25)31-12-6-8-14-33(31)36/h2-23H,1H3. The first-order valence-corrected chi connectivity index (χ1v) is 12.7. The molecule has 0 saturated carbocycles. The normalized spacial score (nSPS) is 11.4. The van der Waals surface area contributed by atoms with Gasteiger partial charge in [-0.1, -0.05) is 109 Å². The van der Waals surface area contributed by atoms with Crippen LogP contribution in [-0.4, -0.2) is 4.98 Å². The third-order valence-corrected chi connectivity index (χ3v) is 7.33. The molecule has 0 atom stereocenters. The van der Waals surface area contributed by atoms with Crippen LogP contribution in [0.1, 0.15) is 5.56 Å². The highest BCUT2D eigenvalue weighted by molar-refractivity contribution is 6.21. The molecule has 0 bridgehead atoms. The summed E-state index contributed by atoms with van der Waals surface area (Å²) in [4.78, 5) is 4.62. The number of nitrogens with zero attached hydrogens (tertiary/aromatic N) is 1. The number of fused-ring (bicyclic) bond motifs is 3. The quantitative estimate of drug-likeness (QED) is 0.234. The molecule has 37 heavy (non-hydrogen) atoms. The van der Waals surface area contributed by atoms with Gasteiger partial charge in [-0.2, -0.15) is 0 Å². The first kappa shape index (κ1) is 21.5. The summed E-state index contributed by atoms with van der Waals surface area (Å²) in [5.41, 5.74) is 8.39. The highest BCUT2D eigenvalue weighted by atomic mass is 14.7. The first-order chi connectivity index (χ1) is 18.3. The predicted octanol–water partition coefficient (Wildman–Crippen LogP) is 9.85. The van der Waals surface area contributed by atoms with E-state index in [2.05, 4.69) is 139 Å². The van der Waals surface area contributed by atoms with E-state index in [-0.39, 0.29) is 0 Å². The molecule has 0 radical (unpaired) electrons. The lowest BCUT2D eigenvalue weighted by molar-refractivity contribution is 1.27. The molecule has 7 rings (SSSR count). The molecule has 7 aromatic rings. The number of hydrogen-bond donors (Lipinski definition) is 0. The van der Waals surface area contributed by atoms with Crippen molar-refractivity contribution < 1.29 is 0 Å². The van der Waals surface area contributed by atoms with Gasteiger partial charge in [0.05, 0.1) is 5.69 Å². The lowest BCUT2D eigenvalue weighted by Crippen LogP contribution is -1.91. The smallest absolute Gasteiger partial charge is 0.0702 e. The summed E-state index contributed by atoms with van der Waals surface area (Å²) >= 11 is 0. The van der Waals surface area contributed by atoms with Crippen molar-refractivity contribution in [1.29, 1.82) is 0 Å². The maximum atomic E-state index is 4.62. The molecule has 0 saturated heterocycles. The molecule has 1 heterocycles. The van der Waals surface area contributed by atoms with Gasteiger partial charge in [0, 0.05) is 11.8 Å². The fourth-order valence-corrected chi connectivity index (χ4v) is 5.55. The Morgan fingerprint density at radius 3 is 1.51 bits per heavy atom. The second kappa shape index (κ2) is 8.72. The molecular weight excluding hydrogens is 446 g/mol. The minimum absolute atomic E-state index is 1.00. The topological polar surface area (TPSA) is 12.9 Å². The monoisotopic (exact) mass is 471 g/mol. The van der Waals surface area contributed by atoms with Crippen LogP contribution in [0.15, 0.2) is 134 Å². The van der Waals surface area contributed by atoms with Gasteiger partial charge in [0.2, 0.25) is 0 Å². The van der Waals surface area contributed by atoms with Crippen LogP contribution < -0.4 is 0 Å². The molecule has 0 aliphatic rings. The van der Waals surface area contributed by atoms with Gasteiger partial charge < -0.3 is 0 Å².